The molecule has 1 aromatic heterocycles. The summed E-state index contributed by atoms with van der Waals surface area (Å²) in [7, 11) is 1.49. The molecule has 1 aromatic carbocycles. The average molecular weight is 311 g/mol. The number of carbonyl (C=O) groups is 1. The number of nitrogens with one attached hydrogen (secondary N) is 1. The molecule has 0 saturated carbocycles. The Kier molecular flexibility index (Phi) is 3.47. The number of hydrogen-bond acceptors (Lipinski definition) is 2. The second-order valence-corrected chi connectivity index (χ2v) is 6.61. The second-order valence-electron chi connectivity index (χ2n) is 6.61. The first-order valence-electron chi connectivity index (χ1n) is 8.55. The fourth-order valence-electron chi connectivity index (χ4n) is 4.37. The standard InChI is InChI=1S/C19H22N2O2/c1-3-12-7-6-10-21-11-14(19(22)23-2)16-13-8-4-5-9-15(13)20-17(16)18(12)21/h4-5,8-9,12,14H,3,6-7,10-11H2,1-2H3/p+1. The lowest BCUT2D eigenvalue weighted by Crippen LogP contribution is -2.42. The number of ether oxygens (including phenoxy) is 1. The van der Waals surface area contributed by atoms with Crippen molar-refractivity contribution in [2.24, 2.45) is 5.92 Å². The Bertz CT molecular complexity index is 803. The van der Waals surface area contributed by atoms with Crippen LogP contribution in [0.5, 0.6) is 0 Å². The Hall–Kier alpha value is -2.10. The molecule has 2 unspecified atom stereocenters. The number of esters is 1. The van der Waals surface area contributed by atoms with Crippen molar-refractivity contribution in [1.82, 2.24) is 4.98 Å². The maximum atomic E-state index is 12.4. The summed E-state index contributed by atoms with van der Waals surface area (Å²) < 4.78 is 7.52. The summed E-state index contributed by atoms with van der Waals surface area (Å²) in [5.41, 5.74) is 4.82. The second kappa shape index (κ2) is 5.52. The molecule has 0 aliphatic carbocycles. The molecule has 1 N–H and O–H groups in total. The zero-order chi connectivity index (χ0) is 16.0. The molecular formula is C19H23N2O2+. The Morgan fingerprint density at radius 1 is 1.39 bits per heavy atom. The number of rotatable bonds is 2. The monoisotopic (exact) mass is 311 g/mol. The van der Waals surface area contributed by atoms with Crippen LogP contribution in [0.25, 0.3) is 10.9 Å². The topological polar surface area (TPSA) is 45.1 Å². The van der Waals surface area contributed by atoms with Crippen molar-refractivity contribution in [3.8, 4) is 0 Å². The fourth-order valence-corrected chi connectivity index (χ4v) is 4.37. The fraction of sp³-hybridized carbons (Fsp3) is 0.474. The van der Waals surface area contributed by atoms with E-state index in [1.54, 1.807) is 0 Å². The zero-order valence-corrected chi connectivity index (χ0v) is 13.8. The number of aromatic amines is 1. The van der Waals surface area contributed by atoms with E-state index in [9.17, 15) is 4.79 Å². The number of carbonyl (C=O) groups excluding carboxylic acids is 1. The number of aromatic nitrogens is 1. The van der Waals surface area contributed by atoms with Gasteiger partial charge in [-0.1, -0.05) is 25.1 Å². The summed E-state index contributed by atoms with van der Waals surface area (Å²) in [6.45, 7) is 4.04. The van der Waals surface area contributed by atoms with Gasteiger partial charge in [0.05, 0.1) is 7.11 Å². The number of para-hydroxylation sites is 1. The normalized spacial score (nSPS) is 23.6. The van der Waals surface area contributed by atoms with E-state index in [4.69, 9.17) is 4.74 Å². The van der Waals surface area contributed by atoms with Gasteiger partial charge in [0, 0.05) is 28.8 Å². The third kappa shape index (κ3) is 2.12. The van der Waals surface area contributed by atoms with Gasteiger partial charge < -0.3 is 9.72 Å². The zero-order valence-electron chi connectivity index (χ0n) is 13.8. The molecule has 2 atom stereocenters. The molecule has 0 saturated heterocycles. The van der Waals surface area contributed by atoms with E-state index in [1.807, 2.05) is 12.1 Å². The van der Waals surface area contributed by atoms with Crippen molar-refractivity contribution in [2.45, 2.75) is 32.1 Å². The van der Waals surface area contributed by atoms with E-state index in [0.717, 1.165) is 36.0 Å². The first kappa shape index (κ1) is 14.5. The van der Waals surface area contributed by atoms with Crippen LogP contribution in [0.2, 0.25) is 0 Å². The molecule has 23 heavy (non-hydrogen) atoms. The highest BCUT2D eigenvalue weighted by Gasteiger charge is 2.43. The Labute approximate surface area is 136 Å². The quantitative estimate of drug-likeness (QED) is 0.684. The molecule has 2 aliphatic rings. The minimum atomic E-state index is -0.203. The first-order valence-corrected chi connectivity index (χ1v) is 8.55. The first-order chi connectivity index (χ1) is 11.2. The van der Waals surface area contributed by atoms with Crippen LogP contribution in [0, 0.1) is 5.92 Å². The van der Waals surface area contributed by atoms with Gasteiger partial charge in [-0.2, -0.15) is 0 Å². The largest absolute Gasteiger partial charge is 0.468 e. The number of H-pyrrole nitrogens is 1. The smallest absolute Gasteiger partial charge is 0.319 e. The molecule has 120 valence electrons. The molecule has 2 aliphatic heterocycles. The third-order valence-electron chi connectivity index (χ3n) is 5.44. The van der Waals surface area contributed by atoms with Gasteiger partial charge in [-0.3, -0.25) is 4.79 Å². The SMILES string of the molecule is CCC1CCC[N+]2=C1c1[nH]c3ccccc3c1C(C(=O)OC)C2. The van der Waals surface area contributed by atoms with Crippen molar-refractivity contribution < 1.29 is 14.1 Å². The van der Waals surface area contributed by atoms with Crippen LogP contribution in [-0.2, 0) is 9.53 Å². The Morgan fingerprint density at radius 2 is 2.22 bits per heavy atom. The number of benzene rings is 1. The average Bonchev–Trinajstić information content (AvgIpc) is 2.99. The molecule has 4 rings (SSSR count). The van der Waals surface area contributed by atoms with Crippen LogP contribution < -0.4 is 0 Å². The molecule has 0 spiro atoms. The Morgan fingerprint density at radius 3 is 3.00 bits per heavy atom. The van der Waals surface area contributed by atoms with Crippen molar-refractivity contribution in [3.63, 3.8) is 0 Å². The van der Waals surface area contributed by atoms with Gasteiger partial charge in [0.2, 0.25) is 5.71 Å². The van der Waals surface area contributed by atoms with Crippen LogP contribution in [0.15, 0.2) is 24.3 Å². The van der Waals surface area contributed by atoms with Gasteiger partial charge >= 0.3 is 5.97 Å². The van der Waals surface area contributed by atoms with Gasteiger partial charge in [0.1, 0.15) is 18.2 Å². The van der Waals surface area contributed by atoms with E-state index in [1.165, 1.54) is 31.4 Å². The van der Waals surface area contributed by atoms with Gasteiger partial charge in [0.15, 0.2) is 6.54 Å². The van der Waals surface area contributed by atoms with Crippen molar-refractivity contribution in [3.05, 3.63) is 35.5 Å². The summed E-state index contributed by atoms with van der Waals surface area (Å²) in [5, 5.41) is 1.16. The summed E-state index contributed by atoms with van der Waals surface area (Å²) >= 11 is 0. The molecule has 0 bridgehead atoms. The number of hydrogen-bond donors (Lipinski definition) is 1. The van der Waals surface area contributed by atoms with Gasteiger partial charge in [0.25, 0.3) is 0 Å². The highest BCUT2D eigenvalue weighted by atomic mass is 16.5. The highest BCUT2D eigenvalue weighted by Crippen LogP contribution is 2.37. The molecule has 2 aromatic rings. The molecular weight excluding hydrogens is 288 g/mol. The highest BCUT2D eigenvalue weighted by molar-refractivity contribution is 6.07. The van der Waals surface area contributed by atoms with Gasteiger partial charge in [-0.25, -0.2) is 4.58 Å². The minimum Gasteiger partial charge on any atom is -0.468 e. The van der Waals surface area contributed by atoms with E-state index in [2.05, 4.69) is 28.6 Å². The lowest BCUT2D eigenvalue weighted by molar-refractivity contribution is -0.538. The summed E-state index contributed by atoms with van der Waals surface area (Å²) in [6.07, 6.45) is 3.58. The van der Waals surface area contributed by atoms with Crippen LogP contribution in [-0.4, -0.2) is 41.4 Å². The molecule has 0 radical (unpaired) electrons. The lowest BCUT2D eigenvalue weighted by Gasteiger charge is -2.28. The van der Waals surface area contributed by atoms with Crippen LogP contribution in [0.4, 0.5) is 0 Å². The van der Waals surface area contributed by atoms with E-state index >= 15 is 0 Å². The Balaban J connectivity index is 1.98. The molecule has 4 heteroatoms. The molecule has 4 nitrogen and oxygen atoms in total. The van der Waals surface area contributed by atoms with Crippen molar-refractivity contribution in [1.29, 1.82) is 0 Å². The van der Waals surface area contributed by atoms with Gasteiger partial charge in [-0.15, -0.1) is 0 Å². The number of methoxy groups -OCH3 is 1. The molecule has 3 heterocycles. The number of nitrogens with zero attached hydrogens (tertiary/aromatic N) is 1. The predicted molar refractivity (Wildman–Crippen MR) is 90.2 cm³/mol. The molecule has 0 amide bonds. The van der Waals surface area contributed by atoms with E-state index in [0.29, 0.717) is 5.92 Å². The van der Waals surface area contributed by atoms with Crippen LogP contribution in [0.1, 0.15) is 43.4 Å². The lowest BCUT2D eigenvalue weighted by atomic mass is 9.82. The van der Waals surface area contributed by atoms with Crippen LogP contribution >= 0.6 is 0 Å². The molecule has 0 fully saturated rings. The maximum absolute atomic E-state index is 12.4. The minimum absolute atomic E-state index is 0.131. The summed E-state index contributed by atoms with van der Waals surface area (Å²) in [6, 6.07) is 8.29. The van der Waals surface area contributed by atoms with Gasteiger partial charge in [-0.05, 0) is 18.9 Å². The summed E-state index contributed by atoms with van der Waals surface area (Å²) in [5.74, 6) is 0.244. The third-order valence-corrected chi connectivity index (χ3v) is 5.44. The summed E-state index contributed by atoms with van der Waals surface area (Å²) in [4.78, 5) is 16.0. The van der Waals surface area contributed by atoms with E-state index < -0.39 is 0 Å². The van der Waals surface area contributed by atoms with Crippen molar-refractivity contribution >= 4 is 22.6 Å². The predicted octanol–water partition coefficient (Wildman–Crippen LogP) is 3.06. The van der Waals surface area contributed by atoms with Crippen molar-refractivity contribution in [2.75, 3.05) is 20.2 Å². The number of fused-ring (bicyclic) bond motifs is 4. The maximum Gasteiger partial charge on any atom is 0.319 e. The van der Waals surface area contributed by atoms with E-state index in [-0.39, 0.29) is 11.9 Å². The van der Waals surface area contributed by atoms with Crippen LogP contribution in [0.3, 0.4) is 0 Å².